The van der Waals surface area contributed by atoms with E-state index < -0.39 is 0 Å². The molecule has 0 bridgehead atoms. The van der Waals surface area contributed by atoms with E-state index in [2.05, 4.69) is 57.1 Å². The summed E-state index contributed by atoms with van der Waals surface area (Å²) < 4.78 is 1.72. The number of benzene rings is 2. The second-order valence-electron chi connectivity index (χ2n) is 5.75. The summed E-state index contributed by atoms with van der Waals surface area (Å²) in [5.74, 6) is 0.673. The molecule has 6 nitrogen and oxygen atoms in total. The van der Waals surface area contributed by atoms with Gasteiger partial charge < -0.3 is 10.2 Å². The lowest BCUT2D eigenvalue weighted by Gasteiger charge is -2.16. The van der Waals surface area contributed by atoms with Crippen molar-refractivity contribution in [2.75, 3.05) is 25.5 Å². The van der Waals surface area contributed by atoms with Crippen LogP contribution in [0.15, 0.2) is 60.7 Å². The minimum atomic E-state index is 0.673. The van der Waals surface area contributed by atoms with Crippen LogP contribution in [-0.4, -0.2) is 45.2 Å². The van der Waals surface area contributed by atoms with Gasteiger partial charge >= 0.3 is 0 Å². The summed E-state index contributed by atoms with van der Waals surface area (Å²) in [6.45, 7) is 2.80. The van der Waals surface area contributed by atoms with E-state index in [0.717, 1.165) is 31.7 Å². The minimum Gasteiger partial charge on any atom is -0.353 e. The maximum atomic E-state index is 4.05. The highest BCUT2D eigenvalue weighted by molar-refractivity contribution is 5.38. The molecule has 0 fully saturated rings. The number of nitrogens with one attached hydrogen (secondary N) is 1. The Kier molecular flexibility index (Phi) is 5.52. The summed E-state index contributed by atoms with van der Waals surface area (Å²) in [4.78, 5) is 2.32. The predicted octanol–water partition coefficient (Wildman–Crippen LogP) is 2.60. The molecular formula is C18H22N6. The quantitative estimate of drug-likeness (QED) is 0.646. The van der Waals surface area contributed by atoms with Crippen molar-refractivity contribution in [3.05, 3.63) is 66.2 Å². The zero-order valence-corrected chi connectivity index (χ0v) is 13.8. The lowest BCUT2D eigenvalue weighted by Crippen LogP contribution is -2.21. The Morgan fingerprint density at radius 3 is 2.46 bits per heavy atom. The Bertz CT molecular complexity index is 726. The van der Waals surface area contributed by atoms with Gasteiger partial charge in [-0.1, -0.05) is 53.6 Å². The van der Waals surface area contributed by atoms with Crippen LogP contribution in [0.3, 0.4) is 0 Å². The van der Waals surface area contributed by atoms with Crippen molar-refractivity contribution in [1.29, 1.82) is 0 Å². The van der Waals surface area contributed by atoms with E-state index in [-0.39, 0.29) is 0 Å². The van der Waals surface area contributed by atoms with Crippen molar-refractivity contribution < 1.29 is 0 Å². The molecule has 0 atom stereocenters. The molecule has 0 aliphatic carbocycles. The highest BCUT2D eigenvalue weighted by atomic mass is 15.6. The summed E-state index contributed by atoms with van der Waals surface area (Å²) in [6.07, 6.45) is 1.02. The van der Waals surface area contributed by atoms with E-state index in [4.69, 9.17) is 0 Å². The Labute approximate surface area is 142 Å². The molecule has 3 aromatic rings. The number of aromatic nitrogens is 4. The lowest BCUT2D eigenvalue weighted by atomic mass is 10.2. The van der Waals surface area contributed by atoms with Crippen LogP contribution < -0.4 is 5.32 Å². The summed E-state index contributed by atoms with van der Waals surface area (Å²) in [7, 11) is 2.14. The zero-order chi connectivity index (χ0) is 16.6. The SMILES string of the molecule is CN(CCCNc1nnnn1-c1ccccc1)Cc1ccccc1. The van der Waals surface area contributed by atoms with Crippen LogP contribution >= 0.6 is 0 Å². The molecule has 124 valence electrons. The molecule has 0 unspecified atom stereocenters. The molecule has 6 heteroatoms. The molecule has 24 heavy (non-hydrogen) atoms. The fourth-order valence-electron chi connectivity index (χ4n) is 2.56. The van der Waals surface area contributed by atoms with Crippen molar-refractivity contribution >= 4 is 5.95 Å². The van der Waals surface area contributed by atoms with Crippen LogP contribution in [-0.2, 0) is 6.54 Å². The van der Waals surface area contributed by atoms with Crippen LogP contribution in [0, 0.1) is 0 Å². The monoisotopic (exact) mass is 322 g/mol. The zero-order valence-electron chi connectivity index (χ0n) is 13.8. The fourth-order valence-corrected chi connectivity index (χ4v) is 2.56. The molecule has 0 saturated heterocycles. The molecule has 0 aliphatic rings. The van der Waals surface area contributed by atoms with Gasteiger partial charge in [0.05, 0.1) is 5.69 Å². The van der Waals surface area contributed by atoms with E-state index in [1.54, 1.807) is 4.68 Å². The average Bonchev–Trinajstić information content (AvgIpc) is 3.09. The molecule has 0 amide bonds. The molecule has 1 heterocycles. The molecular weight excluding hydrogens is 300 g/mol. The number of tetrazole rings is 1. The first kappa shape index (κ1) is 16.1. The van der Waals surface area contributed by atoms with Crippen molar-refractivity contribution in [3.8, 4) is 5.69 Å². The second kappa shape index (κ2) is 8.21. The van der Waals surface area contributed by atoms with Crippen molar-refractivity contribution in [1.82, 2.24) is 25.1 Å². The Balaban J connectivity index is 1.45. The maximum Gasteiger partial charge on any atom is 0.247 e. The van der Waals surface area contributed by atoms with Crippen LogP contribution in [0.25, 0.3) is 5.69 Å². The van der Waals surface area contributed by atoms with E-state index in [1.807, 2.05) is 36.4 Å². The number of hydrogen-bond acceptors (Lipinski definition) is 5. The highest BCUT2D eigenvalue weighted by Crippen LogP contribution is 2.10. The molecule has 1 N–H and O–H groups in total. The number of nitrogens with zero attached hydrogens (tertiary/aromatic N) is 5. The van der Waals surface area contributed by atoms with Gasteiger partial charge in [0.15, 0.2) is 0 Å². The van der Waals surface area contributed by atoms with Gasteiger partial charge in [-0.05, 0) is 48.1 Å². The summed E-state index contributed by atoms with van der Waals surface area (Å²) in [5, 5.41) is 15.2. The van der Waals surface area contributed by atoms with Gasteiger partial charge in [0.1, 0.15) is 0 Å². The van der Waals surface area contributed by atoms with Gasteiger partial charge in [0.2, 0.25) is 5.95 Å². The average molecular weight is 322 g/mol. The Hall–Kier alpha value is -2.73. The molecule has 3 rings (SSSR count). The van der Waals surface area contributed by atoms with Crippen molar-refractivity contribution in [2.45, 2.75) is 13.0 Å². The Morgan fingerprint density at radius 2 is 1.71 bits per heavy atom. The first-order valence-electron chi connectivity index (χ1n) is 8.13. The van der Waals surface area contributed by atoms with E-state index in [9.17, 15) is 0 Å². The smallest absolute Gasteiger partial charge is 0.247 e. The van der Waals surface area contributed by atoms with Gasteiger partial charge in [0.25, 0.3) is 0 Å². The standard InChI is InChI=1S/C18H22N6/c1-23(15-16-9-4-2-5-10-16)14-8-13-19-18-20-21-22-24(18)17-11-6-3-7-12-17/h2-7,9-12H,8,13-15H2,1H3,(H,19,20,22). The summed E-state index contributed by atoms with van der Waals surface area (Å²) >= 11 is 0. The van der Waals surface area contributed by atoms with Crippen molar-refractivity contribution in [3.63, 3.8) is 0 Å². The normalized spacial score (nSPS) is 10.9. The second-order valence-corrected chi connectivity index (χ2v) is 5.75. The number of hydrogen-bond donors (Lipinski definition) is 1. The highest BCUT2D eigenvalue weighted by Gasteiger charge is 2.07. The van der Waals surface area contributed by atoms with Gasteiger partial charge in [0, 0.05) is 13.1 Å². The predicted molar refractivity (Wildman–Crippen MR) is 95.0 cm³/mol. The lowest BCUT2D eigenvalue weighted by molar-refractivity contribution is 0.325. The van der Waals surface area contributed by atoms with Gasteiger partial charge in [-0.3, -0.25) is 0 Å². The minimum absolute atomic E-state index is 0.673. The summed E-state index contributed by atoms with van der Waals surface area (Å²) in [6, 6.07) is 20.4. The van der Waals surface area contributed by atoms with E-state index in [1.165, 1.54) is 5.56 Å². The van der Waals surface area contributed by atoms with Crippen molar-refractivity contribution in [2.24, 2.45) is 0 Å². The van der Waals surface area contributed by atoms with E-state index >= 15 is 0 Å². The molecule has 1 aromatic heterocycles. The number of rotatable bonds is 8. The largest absolute Gasteiger partial charge is 0.353 e. The van der Waals surface area contributed by atoms with Crippen LogP contribution in [0.1, 0.15) is 12.0 Å². The van der Waals surface area contributed by atoms with Gasteiger partial charge in [-0.25, -0.2) is 0 Å². The number of anilines is 1. The maximum absolute atomic E-state index is 4.05. The third-order valence-electron chi connectivity index (χ3n) is 3.77. The van der Waals surface area contributed by atoms with Crippen LogP contribution in [0.4, 0.5) is 5.95 Å². The van der Waals surface area contributed by atoms with Gasteiger partial charge in [-0.2, -0.15) is 4.68 Å². The summed E-state index contributed by atoms with van der Waals surface area (Å²) in [5.41, 5.74) is 2.28. The van der Waals surface area contributed by atoms with Crippen LogP contribution in [0.5, 0.6) is 0 Å². The number of para-hydroxylation sites is 1. The molecule has 0 spiro atoms. The third kappa shape index (κ3) is 4.39. The van der Waals surface area contributed by atoms with Gasteiger partial charge in [-0.15, -0.1) is 0 Å². The molecule has 0 saturated carbocycles. The Morgan fingerprint density at radius 1 is 1.00 bits per heavy atom. The molecule has 0 aliphatic heterocycles. The van der Waals surface area contributed by atoms with Crippen LogP contribution in [0.2, 0.25) is 0 Å². The van der Waals surface area contributed by atoms with E-state index in [0.29, 0.717) is 5.95 Å². The molecule has 2 aromatic carbocycles. The fraction of sp³-hybridized carbons (Fsp3) is 0.278. The molecule has 0 radical (unpaired) electrons. The topological polar surface area (TPSA) is 58.9 Å². The first-order chi connectivity index (χ1) is 11.8. The first-order valence-corrected chi connectivity index (χ1v) is 8.13. The third-order valence-corrected chi connectivity index (χ3v) is 3.77.